The summed E-state index contributed by atoms with van der Waals surface area (Å²) in [5.41, 5.74) is 1.04. The molecule has 0 spiro atoms. The monoisotopic (exact) mass is 193 g/mol. The fraction of sp³-hybridized carbons (Fsp3) is 0.600. The molecule has 2 rings (SSSR count). The number of aliphatic hydroxyl groups excluding tert-OH is 1. The highest BCUT2D eigenvalue weighted by molar-refractivity contribution is 5.36. The maximum absolute atomic E-state index is 9.12. The summed E-state index contributed by atoms with van der Waals surface area (Å²) < 4.78 is 0. The summed E-state index contributed by atoms with van der Waals surface area (Å²) in [5, 5.41) is 12.4. The Morgan fingerprint density at radius 1 is 1.50 bits per heavy atom. The second-order valence-corrected chi connectivity index (χ2v) is 3.71. The predicted molar refractivity (Wildman–Crippen MR) is 54.1 cm³/mol. The topological polar surface area (TPSA) is 58.0 Å². The van der Waals surface area contributed by atoms with Gasteiger partial charge in [-0.25, -0.2) is 9.97 Å². The molecule has 1 aliphatic rings. The first kappa shape index (κ1) is 9.40. The van der Waals surface area contributed by atoms with E-state index in [0.29, 0.717) is 6.04 Å². The number of aliphatic hydroxyl groups is 1. The summed E-state index contributed by atoms with van der Waals surface area (Å²) in [6.45, 7) is 2.07. The highest BCUT2D eigenvalue weighted by atomic mass is 16.3. The number of aryl methyl sites for hydroxylation is 1. The Morgan fingerprint density at radius 3 is 2.93 bits per heavy atom. The van der Waals surface area contributed by atoms with Gasteiger partial charge in [0.1, 0.15) is 12.1 Å². The van der Waals surface area contributed by atoms with E-state index in [2.05, 4.69) is 22.2 Å². The van der Waals surface area contributed by atoms with Gasteiger partial charge in [-0.15, -0.1) is 0 Å². The first-order chi connectivity index (χ1) is 6.78. The van der Waals surface area contributed by atoms with E-state index in [1.807, 2.05) is 6.07 Å². The molecule has 14 heavy (non-hydrogen) atoms. The molecule has 4 nitrogen and oxygen atoms in total. The van der Waals surface area contributed by atoms with Crippen molar-refractivity contribution in [1.29, 1.82) is 0 Å². The normalized spacial score (nSPS) is 25.6. The van der Waals surface area contributed by atoms with Crippen LogP contribution in [-0.2, 0) is 6.42 Å². The van der Waals surface area contributed by atoms with Crippen molar-refractivity contribution >= 4 is 5.82 Å². The van der Waals surface area contributed by atoms with Crippen molar-refractivity contribution < 1.29 is 5.11 Å². The highest BCUT2D eigenvalue weighted by Gasteiger charge is 2.27. The largest absolute Gasteiger partial charge is 0.393 e. The van der Waals surface area contributed by atoms with Crippen LogP contribution in [0.25, 0.3) is 0 Å². The van der Waals surface area contributed by atoms with Crippen molar-refractivity contribution in [2.75, 3.05) is 5.32 Å². The molecule has 0 aliphatic heterocycles. The number of nitrogens with one attached hydrogen (secondary N) is 1. The maximum Gasteiger partial charge on any atom is 0.129 e. The summed E-state index contributed by atoms with van der Waals surface area (Å²) in [6, 6.07) is 2.34. The van der Waals surface area contributed by atoms with Crippen molar-refractivity contribution in [3.63, 3.8) is 0 Å². The lowest BCUT2D eigenvalue weighted by molar-refractivity contribution is 0.0835. The summed E-state index contributed by atoms with van der Waals surface area (Å²) in [4.78, 5) is 8.25. The first-order valence-electron chi connectivity index (χ1n) is 5.03. The van der Waals surface area contributed by atoms with Crippen LogP contribution in [0, 0.1) is 0 Å². The molecule has 0 saturated heterocycles. The predicted octanol–water partition coefficient (Wildman–Crippen LogP) is 0.974. The van der Waals surface area contributed by atoms with Crippen LogP contribution in [0.15, 0.2) is 12.4 Å². The fourth-order valence-electron chi connectivity index (χ4n) is 1.58. The Labute approximate surface area is 83.4 Å². The lowest BCUT2D eigenvalue weighted by atomic mass is 9.89. The van der Waals surface area contributed by atoms with Crippen LogP contribution in [-0.4, -0.2) is 27.2 Å². The molecule has 1 aromatic rings. The minimum absolute atomic E-state index is 0.125. The molecule has 0 atom stereocenters. The van der Waals surface area contributed by atoms with Crippen LogP contribution >= 0.6 is 0 Å². The highest BCUT2D eigenvalue weighted by Crippen LogP contribution is 2.22. The Bertz CT molecular complexity index is 310. The average molecular weight is 193 g/mol. The molecule has 0 aromatic carbocycles. The summed E-state index contributed by atoms with van der Waals surface area (Å²) in [7, 11) is 0. The van der Waals surface area contributed by atoms with Gasteiger partial charge in [-0.1, -0.05) is 6.92 Å². The molecular formula is C10H15N3O. The second-order valence-electron chi connectivity index (χ2n) is 3.71. The third kappa shape index (κ3) is 2.01. The van der Waals surface area contributed by atoms with E-state index in [0.717, 1.165) is 30.8 Å². The Morgan fingerprint density at radius 2 is 2.29 bits per heavy atom. The number of nitrogens with zero attached hydrogens (tertiary/aromatic N) is 2. The summed E-state index contributed by atoms with van der Waals surface area (Å²) in [6.07, 6.45) is 4.03. The van der Waals surface area contributed by atoms with Crippen LogP contribution in [0.3, 0.4) is 0 Å². The van der Waals surface area contributed by atoms with Gasteiger partial charge >= 0.3 is 0 Å². The van der Waals surface area contributed by atoms with E-state index in [4.69, 9.17) is 5.11 Å². The number of aromatic nitrogens is 2. The molecule has 1 heterocycles. The van der Waals surface area contributed by atoms with Crippen LogP contribution in [0.2, 0.25) is 0 Å². The van der Waals surface area contributed by atoms with Crippen LogP contribution < -0.4 is 5.32 Å². The molecule has 0 unspecified atom stereocenters. The van der Waals surface area contributed by atoms with E-state index in [1.54, 1.807) is 6.33 Å². The SMILES string of the molecule is CCc1cc(N[C@H]2C[C@@H](O)C2)ncn1. The van der Waals surface area contributed by atoms with E-state index < -0.39 is 0 Å². The van der Waals surface area contributed by atoms with E-state index in [1.165, 1.54) is 0 Å². The standard InChI is InChI=1S/C10H15N3O/c1-2-7-5-10(12-6-11-7)13-8-3-9(14)4-8/h5-6,8-9,14H,2-4H2,1H3,(H,11,12,13)/t8-,9+. The van der Waals surface area contributed by atoms with Gasteiger partial charge in [0.2, 0.25) is 0 Å². The van der Waals surface area contributed by atoms with Crippen LogP contribution in [0.1, 0.15) is 25.5 Å². The summed E-state index contributed by atoms with van der Waals surface area (Å²) >= 11 is 0. The van der Waals surface area contributed by atoms with Crippen molar-refractivity contribution in [2.45, 2.75) is 38.3 Å². The molecule has 1 aromatic heterocycles. The van der Waals surface area contributed by atoms with Crippen molar-refractivity contribution in [3.8, 4) is 0 Å². The van der Waals surface area contributed by atoms with E-state index in [-0.39, 0.29) is 6.10 Å². The molecule has 1 saturated carbocycles. The van der Waals surface area contributed by atoms with Crippen molar-refractivity contribution in [3.05, 3.63) is 18.1 Å². The molecule has 1 fully saturated rings. The average Bonchev–Trinajstić information content (AvgIpc) is 2.16. The van der Waals surface area contributed by atoms with Crippen molar-refractivity contribution in [1.82, 2.24) is 9.97 Å². The molecule has 0 amide bonds. The summed E-state index contributed by atoms with van der Waals surface area (Å²) in [5.74, 6) is 0.869. The van der Waals surface area contributed by atoms with Crippen LogP contribution in [0.4, 0.5) is 5.82 Å². The maximum atomic E-state index is 9.12. The Balaban J connectivity index is 1.95. The van der Waals surface area contributed by atoms with Gasteiger partial charge in [0.05, 0.1) is 6.10 Å². The Kier molecular flexibility index (Phi) is 2.63. The zero-order valence-corrected chi connectivity index (χ0v) is 8.27. The van der Waals surface area contributed by atoms with Gasteiger partial charge in [-0.2, -0.15) is 0 Å². The molecule has 2 N–H and O–H groups in total. The van der Waals surface area contributed by atoms with E-state index >= 15 is 0 Å². The van der Waals surface area contributed by atoms with Gasteiger partial charge in [0.25, 0.3) is 0 Å². The number of hydrogen-bond acceptors (Lipinski definition) is 4. The zero-order chi connectivity index (χ0) is 9.97. The van der Waals surface area contributed by atoms with Gasteiger partial charge in [0.15, 0.2) is 0 Å². The molecule has 1 aliphatic carbocycles. The lowest BCUT2D eigenvalue weighted by Crippen LogP contribution is -2.39. The minimum atomic E-state index is -0.125. The fourth-order valence-corrected chi connectivity index (χ4v) is 1.58. The molecule has 4 heteroatoms. The Hall–Kier alpha value is -1.16. The first-order valence-corrected chi connectivity index (χ1v) is 5.03. The molecule has 0 bridgehead atoms. The molecule has 76 valence electrons. The molecule has 0 radical (unpaired) electrons. The van der Waals surface area contributed by atoms with Gasteiger partial charge < -0.3 is 10.4 Å². The van der Waals surface area contributed by atoms with Gasteiger partial charge in [-0.05, 0) is 19.3 Å². The minimum Gasteiger partial charge on any atom is -0.393 e. The van der Waals surface area contributed by atoms with Gasteiger partial charge in [0, 0.05) is 17.8 Å². The molecular weight excluding hydrogens is 178 g/mol. The second kappa shape index (κ2) is 3.92. The van der Waals surface area contributed by atoms with Gasteiger partial charge in [-0.3, -0.25) is 0 Å². The van der Waals surface area contributed by atoms with E-state index in [9.17, 15) is 0 Å². The van der Waals surface area contributed by atoms with Crippen molar-refractivity contribution in [2.24, 2.45) is 0 Å². The van der Waals surface area contributed by atoms with Crippen LogP contribution in [0.5, 0.6) is 0 Å². The third-order valence-electron chi connectivity index (χ3n) is 2.55. The third-order valence-corrected chi connectivity index (χ3v) is 2.55. The quantitative estimate of drug-likeness (QED) is 0.751. The number of hydrogen-bond donors (Lipinski definition) is 2. The zero-order valence-electron chi connectivity index (χ0n) is 8.27. The smallest absolute Gasteiger partial charge is 0.129 e. The number of rotatable bonds is 3. The lowest BCUT2D eigenvalue weighted by Gasteiger charge is -2.32. The number of anilines is 1.